The molecule has 3 aromatic rings. The van der Waals surface area contributed by atoms with Crippen LogP contribution in [0.5, 0.6) is 11.5 Å². The van der Waals surface area contributed by atoms with Gasteiger partial charge in [-0.05, 0) is 23.8 Å². The first-order valence-corrected chi connectivity index (χ1v) is 9.83. The maximum atomic E-state index is 12.1. The maximum absolute atomic E-state index is 12.1. The minimum absolute atomic E-state index is 0.280. The number of carboxylic acids is 1. The Morgan fingerprint density at radius 3 is 2.69 bits per heavy atom. The summed E-state index contributed by atoms with van der Waals surface area (Å²) < 4.78 is 10.8. The Balaban J connectivity index is 1.28. The van der Waals surface area contributed by atoms with Gasteiger partial charge >= 0.3 is 5.97 Å². The lowest BCUT2D eigenvalue weighted by molar-refractivity contribution is -0.144. The van der Waals surface area contributed by atoms with E-state index in [0.29, 0.717) is 13.1 Å². The molecule has 29 heavy (non-hydrogen) atoms. The SMILES string of the molecule is O=C(O)[C@@H](c1c[nH]c2ccccc12)N1CCN(Cc2ccc3c(c2)OCO3)CC1. The molecule has 0 amide bonds. The van der Waals surface area contributed by atoms with Gasteiger partial charge in [-0.1, -0.05) is 24.3 Å². The van der Waals surface area contributed by atoms with Gasteiger partial charge in [0.15, 0.2) is 11.5 Å². The molecular weight excluding hydrogens is 370 g/mol. The number of rotatable bonds is 5. The number of piperazine rings is 1. The number of ether oxygens (including phenoxy) is 2. The lowest BCUT2D eigenvalue weighted by Crippen LogP contribution is -2.48. The predicted octanol–water partition coefficient (Wildman–Crippen LogP) is 2.84. The Morgan fingerprint density at radius 1 is 1.07 bits per heavy atom. The number of carbonyl (C=O) groups is 1. The summed E-state index contributed by atoms with van der Waals surface area (Å²) >= 11 is 0. The molecule has 2 aliphatic rings. The van der Waals surface area contributed by atoms with Crippen molar-refractivity contribution in [3.63, 3.8) is 0 Å². The minimum atomic E-state index is -0.807. The Bertz CT molecular complexity index is 1040. The van der Waals surface area contributed by atoms with Crippen LogP contribution in [0.15, 0.2) is 48.7 Å². The lowest BCUT2D eigenvalue weighted by atomic mass is 10.0. The summed E-state index contributed by atoms with van der Waals surface area (Å²) in [5.74, 6) is 0.784. The van der Waals surface area contributed by atoms with Gasteiger partial charge in [-0.15, -0.1) is 0 Å². The van der Waals surface area contributed by atoms with E-state index in [0.717, 1.165) is 47.6 Å². The number of nitrogens with one attached hydrogen (secondary N) is 1. The standard InChI is InChI=1S/C22H23N3O4/c26-22(27)21(17-12-23-18-4-2-1-3-16(17)18)25-9-7-24(8-10-25)13-15-5-6-19-20(11-15)29-14-28-19/h1-6,11-12,21,23H,7-10,13-14H2,(H,26,27)/t21-/m1/s1. The molecule has 5 rings (SSSR count). The molecule has 2 aliphatic heterocycles. The third-order valence-corrected chi connectivity index (χ3v) is 5.76. The van der Waals surface area contributed by atoms with E-state index in [1.807, 2.05) is 42.6 Å². The topological polar surface area (TPSA) is 78.0 Å². The zero-order valence-electron chi connectivity index (χ0n) is 16.0. The second-order valence-electron chi connectivity index (χ2n) is 7.53. The van der Waals surface area contributed by atoms with E-state index >= 15 is 0 Å². The van der Waals surface area contributed by atoms with E-state index < -0.39 is 12.0 Å². The lowest BCUT2D eigenvalue weighted by Gasteiger charge is -2.37. The molecule has 150 valence electrons. The number of aromatic amines is 1. The Labute approximate surface area is 168 Å². The second kappa shape index (κ2) is 7.42. The van der Waals surface area contributed by atoms with Crippen LogP contribution in [-0.2, 0) is 11.3 Å². The van der Waals surface area contributed by atoms with Gasteiger partial charge in [0, 0.05) is 55.4 Å². The summed E-state index contributed by atoms with van der Waals surface area (Å²) in [5, 5.41) is 10.9. The van der Waals surface area contributed by atoms with E-state index in [4.69, 9.17) is 9.47 Å². The summed E-state index contributed by atoms with van der Waals surface area (Å²) in [7, 11) is 0. The Kier molecular flexibility index (Phi) is 4.61. The zero-order chi connectivity index (χ0) is 19.8. The van der Waals surface area contributed by atoms with E-state index in [9.17, 15) is 9.90 Å². The molecule has 0 spiro atoms. The molecule has 2 aromatic carbocycles. The van der Waals surface area contributed by atoms with E-state index in [2.05, 4.69) is 20.9 Å². The van der Waals surface area contributed by atoms with Gasteiger partial charge < -0.3 is 19.6 Å². The highest BCUT2D eigenvalue weighted by Gasteiger charge is 2.32. The average molecular weight is 393 g/mol. The number of aromatic nitrogens is 1. The minimum Gasteiger partial charge on any atom is -0.480 e. The Morgan fingerprint density at radius 2 is 1.86 bits per heavy atom. The van der Waals surface area contributed by atoms with Crippen LogP contribution in [0.2, 0.25) is 0 Å². The van der Waals surface area contributed by atoms with Gasteiger partial charge in [0.05, 0.1) is 0 Å². The molecule has 0 unspecified atom stereocenters. The van der Waals surface area contributed by atoms with Gasteiger partial charge in [-0.2, -0.15) is 0 Å². The fraction of sp³-hybridized carbons (Fsp3) is 0.318. The zero-order valence-corrected chi connectivity index (χ0v) is 16.0. The maximum Gasteiger partial charge on any atom is 0.325 e. The third kappa shape index (κ3) is 3.43. The fourth-order valence-electron chi connectivity index (χ4n) is 4.28. The van der Waals surface area contributed by atoms with Crippen LogP contribution >= 0.6 is 0 Å². The molecule has 3 heterocycles. The molecule has 7 nitrogen and oxygen atoms in total. The van der Waals surface area contributed by atoms with Crippen LogP contribution < -0.4 is 9.47 Å². The number of para-hydroxylation sites is 1. The van der Waals surface area contributed by atoms with Crippen LogP contribution in [0, 0.1) is 0 Å². The molecule has 7 heteroatoms. The van der Waals surface area contributed by atoms with Crippen LogP contribution in [0.4, 0.5) is 0 Å². The first kappa shape index (κ1) is 18.0. The van der Waals surface area contributed by atoms with Crippen molar-refractivity contribution in [3.05, 3.63) is 59.8 Å². The third-order valence-electron chi connectivity index (χ3n) is 5.76. The highest BCUT2D eigenvalue weighted by Crippen LogP contribution is 2.33. The highest BCUT2D eigenvalue weighted by molar-refractivity contribution is 5.89. The van der Waals surface area contributed by atoms with Crippen LogP contribution in [0.25, 0.3) is 10.9 Å². The molecule has 0 radical (unpaired) electrons. The van der Waals surface area contributed by atoms with Gasteiger partial charge in [0.25, 0.3) is 0 Å². The van der Waals surface area contributed by atoms with Crippen molar-refractivity contribution >= 4 is 16.9 Å². The first-order valence-electron chi connectivity index (χ1n) is 9.83. The van der Waals surface area contributed by atoms with Crippen molar-refractivity contribution in [3.8, 4) is 11.5 Å². The number of aliphatic carboxylic acids is 1. The summed E-state index contributed by atoms with van der Waals surface area (Å²) in [5.41, 5.74) is 2.97. The number of benzene rings is 2. The van der Waals surface area contributed by atoms with E-state index in [-0.39, 0.29) is 6.79 Å². The van der Waals surface area contributed by atoms with Crippen molar-refractivity contribution in [2.75, 3.05) is 33.0 Å². The smallest absolute Gasteiger partial charge is 0.325 e. The quantitative estimate of drug-likeness (QED) is 0.694. The molecule has 1 atom stereocenters. The largest absolute Gasteiger partial charge is 0.480 e. The molecular formula is C22H23N3O4. The van der Waals surface area contributed by atoms with Gasteiger partial charge in [-0.25, -0.2) is 0 Å². The average Bonchev–Trinajstić information content (AvgIpc) is 3.36. The van der Waals surface area contributed by atoms with Crippen LogP contribution in [0.3, 0.4) is 0 Å². The number of hydrogen-bond acceptors (Lipinski definition) is 5. The van der Waals surface area contributed by atoms with Crippen LogP contribution in [-0.4, -0.2) is 58.8 Å². The molecule has 2 N–H and O–H groups in total. The van der Waals surface area contributed by atoms with Crippen molar-refractivity contribution in [2.45, 2.75) is 12.6 Å². The summed E-state index contributed by atoms with van der Waals surface area (Å²) in [6.07, 6.45) is 1.84. The van der Waals surface area contributed by atoms with Gasteiger partial charge in [-0.3, -0.25) is 14.6 Å². The van der Waals surface area contributed by atoms with Crippen molar-refractivity contribution in [1.29, 1.82) is 0 Å². The first-order chi connectivity index (χ1) is 14.2. The number of nitrogens with zero attached hydrogens (tertiary/aromatic N) is 2. The molecule has 0 saturated carbocycles. The molecule has 1 saturated heterocycles. The van der Waals surface area contributed by atoms with E-state index in [1.165, 1.54) is 5.56 Å². The summed E-state index contributed by atoms with van der Waals surface area (Å²) in [4.78, 5) is 19.7. The van der Waals surface area contributed by atoms with Crippen molar-refractivity contribution in [2.24, 2.45) is 0 Å². The summed E-state index contributed by atoms with van der Waals surface area (Å²) in [6, 6.07) is 13.3. The van der Waals surface area contributed by atoms with Gasteiger partial charge in [0.2, 0.25) is 6.79 Å². The van der Waals surface area contributed by atoms with Gasteiger partial charge in [0.1, 0.15) is 6.04 Å². The second-order valence-corrected chi connectivity index (χ2v) is 7.53. The molecule has 1 fully saturated rings. The monoisotopic (exact) mass is 393 g/mol. The summed E-state index contributed by atoms with van der Waals surface area (Å²) in [6.45, 7) is 4.15. The molecule has 0 bridgehead atoms. The van der Waals surface area contributed by atoms with Crippen molar-refractivity contribution < 1.29 is 19.4 Å². The van der Waals surface area contributed by atoms with Crippen molar-refractivity contribution in [1.82, 2.24) is 14.8 Å². The van der Waals surface area contributed by atoms with Crippen LogP contribution in [0.1, 0.15) is 17.2 Å². The number of H-pyrrole nitrogens is 1. The number of hydrogen-bond donors (Lipinski definition) is 2. The highest BCUT2D eigenvalue weighted by atomic mass is 16.7. The number of fused-ring (bicyclic) bond motifs is 2. The number of carboxylic acid groups (broad SMARTS) is 1. The predicted molar refractivity (Wildman–Crippen MR) is 108 cm³/mol. The molecule has 0 aliphatic carbocycles. The Hall–Kier alpha value is -3.03. The fourth-order valence-corrected chi connectivity index (χ4v) is 4.28. The molecule has 1 aromatic heterocycles. The normalized spacial score (nSPS) is 18.2. The van der Waals surface area contributed by atoms with E-state index in [1.54, 1.807) is 0 Å².